The molecular formula is C10H12O3. The van der Waals surface area contributed by atoms with Gasteiger partial charge in [0.25, 0.3) is 0 Å². The first-order valence-electron chi connectivity index (χ1n) is 4.00. The van der Waals surface area contributed by atoms with Gasteiger partial charge >= 0.3 is 0 Å². The smallest absolute Gasteiger partial charge is 0.151 e. The molecule has 1 aromatic rings. The number of hydrogen-bond acceptors (Lipinski definition) is 3. The first kappa shape index (κ1) is 9.74. The van der Waals surface area contributed by atoms with Gasteiger partial charge in [0.15, 0.2) is 6.29 Å². The number of benzene rings is 1. The van der Waals surface area contributed by atoms with Gasteiger partial charge in [0.05, 0.1) is 0 Å². The first-order valence-corrected chi connectivity index (χ1v) is 4.00. The summed E-state index contributed by atoms with van der Waals surface area (Å²) in [5.41, 5.74) is -0.508. The van der Waals surface area contributed by atoms with Crippen molar-refractivity contribution in [1.82, 2.24) is 0 Å². The molecule has 0 bridgehead atoms. The monoisotopic (exact) mass is 180 g/mol. The number of carbonyl (C=O) groups is 1. The second kappa shape index (κ2) is 3.58. The standard InChI is InChI=1S/C10H12O3/c1-10(13,7-11)6-8-2-4-9(12)5-3-8/h2-5,7,12-13H,6H2,1H3. The topological polar surface area (TPSA) is 57.5 Å². The average Bonchev–Trinajstić information content (AvgIpc) is 2.09. The van der Waals surface area contributed by atoms with E-state index >= 15 is 0 Å². The molecule has 0 fully saturated rings. The molecule has 0 aromatic heterocycles. The third kappa shape index (κ3) is 2.87. The number of aromatic hydroxyl groups is 1. The molecule has 1 rings (SSSR count). The Morgan fingerprint density at radius 1 is 1.38 bits per heavy atom. The molecule has 70 valence electrons. The first-order chi connectivity index (χ1) is 6.03. The van der Waals surface area contributed by atoms with E-state index in [0.29, 0.717) is 6.29 Å². The van der Waals surface area contributed by atoms with Gasteiger partial charge in [-0.25, -0.2) is 0 Å². The van der Waals surface area contributed by atoms with E-state index in [1.165, 1.54) is 19.1 Å². The highest BCUT2D eigenvalue weighted by Gasteiger charge is 2.19. The van der Waals surface area contributed by atoms with E-state index in [1.807, 2.05) is 0 Å². The van der Waals surface area contributed by atoms with Crippen molar-refractivity contribution in [2.24, 2.45) is 0 Å². The molecule has 0 amide bonds. The summed E-state index contributed by atoms with van der Waals surface area (Å²) in [5, 5.41) is 18.4. The molecule has 3 heteroatoms. The molecule has 0 aliphatic rings. The summed E-state index contributed by atoms with van der Waals surface area (Å²) in [4.78, 5) is 10.4. The molecule has 0 saturated carbocycles. The minimum absolute atomic E-state index is 0.175. The summed E-state index contributed by atoms with van der Waals surface area (Å²) in [7, 11) is 0. The van der Waals surface area contributed by atoms with Gasteiger partial charge in [-0.1, -0.05) is 12.1 Å². The van der Waals surface area contributed by atoms with Gasteiger partial charge in [0.1, 0.15) is 11.4 Å². The highest BCUT2D eigenvalue weighted by molar-refractivity contribution is 5.62. The molecule has 0 aliphatic heterocycles. The number of aliphatic hydroxyl groups is 1. The van der Waals surface area contributed by atoms with E-state index in [0.717, 1.165) is 5.56 Å². The van der Waals surface area contributed by atoms with E-state index in [-0.39, 0.29) is 12.2 Å². The van der Waals surface area contributed by atoms with E-state index in [2.05, 4.69) is 0 Å². The van der Waals surface area contributed by atoms with Crippen LogP contribution in [-0.4, -0.2) is 22.1 Å². The predicted molar refractivity (Wildman–Crippen MR) is 48.5 cm³/mol. The lowest BCUT2D eigenvalue weighted by Gasteiger charge is -2.14. The lowest BCUT2D eigenvalue weighted by molar-refractivity contribution is -0.122. The van der Waals surface area contributed by atoms with Crippen LogP contribution in [-0.2, 0) is 11.2 Å². The van der Waals surface area contributed by atoms with Crippen LogP contribution in [0.2, 0.25) is 0 Å². The Bertz CT molecular complexity index is 288. The minimum Gasteiger partial charge on any atom is -0.508 e. The lowest BCUT2D eigenvalue weighted by atomic mass is 9.98. The van der Waals surface area contributed by atoms with E-state index < -0.39 is 5.60 Å². The van der Waals surface area contributed by atoms with E-state index in [4.69, 9.17) is 5.11 Å². The molecule has 1 unspecified atom stereocenters. The number of aldehydes is 1. The molecule has 0 aliphatic carbocycles. The van der Waals surface area contributed by atoms with Crippen molar-refractivity contribution in [3.05, 3.63) is 29.8 Å². The number of carbonyl (C=O) groups excluding carboxylic acids is 1. The molecule has 0 saturated heterocycles. The zero-order valence-corrected chi connectivity index (χ0v) is 7.40. The van der Waals surface area contributed by atoms with Gasteiger partial charge in [0, 0.05) is 6.42 Å². The largest absolute Gasteiger partial charge is 0.508 e. The van der Waals surface area contributed by atoms with Crippen molar-refractivity contribution < 1.29 is 15.0 Å². The van der Waals surface area contributed by atoms with Crippen LogP contribution in [0.15, 0.2) is 24.3 Å². The highest BCUT2D eigenvalue weighted by Crippen LogP contribution is 2.14. The summed E-state index contributed by atoms with van der Waals surface area (Å²) in [5.74, 6) is 0.175. The Hall–Kier alpha value is -1.35. The summed E-state index contributed by atoms with van der Waals surface area (Å²) in [6, 6.07) is 6.40. The van der Waals surface area contributed by atoms with E-state index in [1.54, 1.807) is 12.1 Å². The van der Waals surface area contributed by atoms with Crippen molar-refractivity contribution in [2.45, 2.75) is 18.9 Å². The third-order valence-corrected chi connectivity index (χ3v) is 1.75. The molecule has 1 aromatic carbocycles. The third-order valence-electron chi connectivity index (χ3n) is 1.75. The van der Waals surface area contributed by atoms with Crippen LogP contribution in [0.4, 0.5) is 0 Å². The summed E-state index contributed by atoms with van der Waals surface area (Å²) < 4.78 is 0. The Morgan fingerprint density at radius 2 is 1.92 bits per heavy atom. The maximum Gasteiger partial charge on any atom is 0.151 e. The SMILES string of the molecule is CC(O)(C=O)Cc1ccc(O)cc1. The maximum atomic E-state index is 10.4. The highest BCUT2D eigenvalue weighted by atomic mass is 16.3. The number of hydrogen-bond donors (Lipinski definition) is 2. The number of phenols is 1. The van der Waals surface area contributed by atoms with Crippen molar-refractivity contribution >= 4 is 6.29 Å². The number of rotatable bonds is 3. The van der Waals surface area contributed by atoms with Crippen molar-refractivity contribution in [3.63, 3.8) is 0 Å². The molecule has 0 radical (unpaired) electrons. The van der Waals surface area contributed by atoms with Gasteiger partial charge in [-0.15, -0.1) is 0 Å². The van der Waals surface area contributed by atoms with Crippen molar-refractivity contribution in [3.8, 4) is 5.75 Å². The molecule has 1 atom stereocenters. The van der Waals surface area contributed by atoms with Gasteiger partial charge in [-0.2, -0.15) is 0 Å². The van der Waals surface area contributed by atoms with Crippen LogP contribution < -0.4 is 0 Å². The van der Waals surface area contributed by atoms with Gasteiger partial charge in [-0.3, -0.25) is 0 Å². The Labute approximate surface area is 76.6 Å². The fourth-order valence-corrected chi connectivity index (χ4v) is 1.07. The van der Waals surface area contributed by atoms with Gasteiger partial charge < -0.3 is 15.0 Å². The van der Waals surface area contributed by atoms with Crippen LogP contribution in [0.3, 0.4) is 0 Å². The molecule has 3 nitrogen and oxygen atoms in total. The lowest BCUT2D eigenvalue weighted by Crippen LogP contribution is -2.28. The Morgan fingerprint density at radius 3 is 2.38 bits per heavy atom. The zero-order chi connectivity index (χ0) is 9.90. The van der Waals surface area contributed by atoms with Crippen LogP contribution >= 0.6 is 0 Å². The zero-order valence-electron chi connectivity index (χ0n) is 7.40. The number of phenolic OH excluding ortho intramolecular Hbond substituents is 1. The maximum absolute atomic E-state index is 10.4. The average molecular weight is 180 g/mol. The summed E-state index contributed by atoms with van der Waals surface area (Å²) in [6.45, 7) is 1.45. The predicted octanol–water partition coefficient (Wildman–Crippen LogP) is 0.885. The summed E-state index contributed by atoms with van der Waals surface area (Å²) >= 11 is 0. The molecule has 2 N–H and O–H groups in total. The Balaban J connectivity index is 2.75. The van der Waals surface area contributed by atoms with Gasteiger partial charge in [-0.05, 0) is 24.6 Å². The van der Waals surface area contributed by atoms with Gasteiger partial charge in [0.2, 0.25) is 0 Å². The van der Waals surface area contributed by atoms with Crippen LogP contribution in [0, 0.1) is 0 Å². The van der Waals surface area contributed by atoms with Crippen molar-refractivity contribution in [2.75, 3.05) is 0 Å². The molecule has 13 heavy (non-hydrogen) atoms. The fourth-order valence-electron chi connectivity index (χ4n) is 1.07. The minimum atomic E-state index is -1.32. The molecular weight excluding hydrogens is 168 g/mol. The van der Waals surface area contributed by atoms with Crippen molar-refractivity contribution in [1.29, 1.82) is 0 Å². The molecule has 0 spiro atoms. The fraction of sp³-hybridized carbons (Fsp3) is 0.300. The normalized spacial score (nSPS) is 14.9. The second-order valence-electron chi connectivity index (χ2n) is 3.32. The van der Waals surface area contributed by atoms with Crippen LogP contribution in [0.5, 0.6) is 5.75 Å². The van der Waals surface area contributed by atoms with Crippen LogP contribution in [0.1, 0.15) is 12.5 Å². The quantitative estimate of drug-likeness (QED) is 0.679. The summed E-state index contributed by atoms with van der Waals surface area (Å²) in [6.07, 6.45) is 0.774. The Kier molecular flexibility index (Phi) is 2.68. The second-order valence-corrected chi connectivity index (χ2v) is 3.32. The van der Waals surface area contributed by atoms with Crippen LogP contribution in [0.25, 0.3) is 0 Å². The molecule has 0 heterocycles. The van der Waals surface area contributed by atoms with E-state index in [9.17, 15) is 9.90 Å².